The number of hydrogen-bond acceptors (Lipinski definition) is 3. The SMILES string of the molecule is CC1(C)CCC[C@@H]1c1cccc2c1CC[C@H]2Oc1ccc2c(c1)OCC2CC(=O)O. The molecule has 0 amide bonds. The van der Waals surface area contributed by atoms with Gasteiger partial charge in [0.25, 0.3) is 0 Å². The van der Waals surface area contributed by atoms with E-state index in [0.717, 1.165) is 29.9 Å². The van der Waals surface area contributed by atoms with Gasteiger partial charge >= 0.3 is 5.97 Å². The lowest BCUT2D eigenvalue weighted by molar-refractivity contribution is -0.137. The van der Waals surface area contributed by atoms with Crippen LogP contribution in [0, 0.1) is 5.41 Å². The van der Waals surface area contributed by atoms with Gasteiger partial charge in [-0.25, -0.2) is 0 Å². The molecule has 0 saturated heterocycles. The maximum absolute atomic E-state index is 11.1. The second kappa shape index (κ2) is 7.33. The highest BCUT2D eigenvalue weighted by Crippen LogP contribution is 2.51. The van der Waals surface area contributed by atoms with Gasteiger partial charge in [0.15, 0.2) is 0 Å². The summed E-state index contributed by atoms with van der Waals surface area (Å²) in [5.74, 6) is 1.34. The molecule has 1 fully saturated rings. The summed E-state index contributed by atoms with van der Waals surface area (Å²) in [6.45, 7) is 5.25. The lowest BCUT2D eigenvalue weighted by Crippen LogP contribution is -2.17. The van der Waals surface area contributed by atoms with Crippen molar-refractivity contribution in [3.63, 3.8) is 0 Å². The Labute approximate surface area is 178 Å². The Bertz CT molecular complexity index is 977. The lowest BCUT2D eigenvalue weighted by atomic mass is 9.76. The standard InChI is InChI=1S/C26H30O4/c1-26(2)12-4-7-22(26)20-5-3-6-21-19(20)10-11-23(21)30-17-8-9-18-16(13-25(27)28)15-29-24(18)14-17/h3,5-6,8-9,14,16,22-23H,4,7,10-13,15H2,1-2H3,(H,27,28)/t16?,22-,23-/m1/s1. The van der Waals surface area contributed by atoms with E-state index in [9.17, 15) is 4.79 Å². The maximum Gasteiger partial charge on any atom is 0.304 e. The van der Waals surface area contributed by atoms with Gasteiger partial charge in [0.1, 0.15) is 17.6 Å². The number of aliphatic carboxylic acids is 1. The van der Waals surface area contributed by atoms with E-state index in [4.69, 9.17) is 14.6 Å². The molecule has 0 spiro atoms. The maximum atomic E-state index is 11.1. The number of fused-ring (bicyclic) bond motifs is 2. The van der Waals surface area contributed by atoms with Crippen LogP contribution < -0.4 is 9.47 Å². The van der Waals surface area contributed by atoms with Gasteiger partial charge in [-0.05, 0) is 59.8 Å². The Morgan fingerprint density at radius 3 is 2.77 bits per heavy atom. The molecule has 4 heteroatoms. The number of carbonyl (C=O) groups is 1. The zero-order chi connectivity index (χ0) is 20.9. The summed E-state index contributed by atoms with van der Waals surface area (Å²) in [5, 5.41) is 9.09. The average molecular weight is 407 g/mol. The normalized spacial score (nSPS) is 26.1. The summed E-state index contributed by atoms with van der Waals surface area (Å²) in [4.78, 5) is 11.1. The minimum absolute atomic E-state index is 0.0683. The topological polar surface area (TPSA) is 55.8 Å². The van der Waals surface area contributed by atoms with Crippen molar-refractivity contribution in [2.45, 2.75) is 70.3 Å². The summed E-state index contributed by atoms with van der Waals surface area (Å²) in [5.41, 5.74) is 5.72. The third-order valence-electron chi connectivity index (χ3n) is 7.45. The third-order valence-corrected chi connectivity index (χ3v) is 7.45. The summed E-state index contributed by atoms with van der Waals surface area (Å²) in [7, 11) is 0. The first kappa shape index (κ1) is 19.5. The number of ether oxygens (including phenoxy) is 2. The number of rotatable bonds is 5. The number of carboxylic acids is 1. The Hall–Kier alpha value is -2.49. The molecule has 0 aromatic heterocycles. The van der Waals surface area contributed by atoms with Crippen LogP contribution in [0.25, 0.3) is 0 Å². The van der Waals surface area contributed by atoms with Crippen LogP contribution in [0.1, 0.15) is 86.1 Å². The highest BCUT2D eigenvalue weighted by atomic mass is 16.5. The average Bonchev–Trinajstić information content (AvgIpc) is 3.39. The predicted molar refractivity (Wildman–Crippen MR) is 115 cm³/mol. The lowest BCUT2D eigenvalue weighted by Gasteiger charge is -2.29. The van der Waals surface area contributed by atoms with E-state index in [1.165, 1.54) is 36.0 Å². The molecule has 3 aliphatic rings. The molecule has 0 radical (unpaired) electrons. The molecule has 30 heavy (non-hydrogen) atoms. The molecule has 0 bridgehead atoms. The molecule has 5 rings (SSSR count). The van der Waals surface area contributed by atoms with Crippen LogP contribution in [0.15, 0.2) is 36.4 Å². The van der Waals surface area contributed by atoms with Crippen LogP contribution in [0.3, 0.4) is 0 Å². The summed E-state index contributed by atoms with van der Waals surface area (Å²) >= 11 is 0. The van der Waals surface area contributed by atoms with E-state index in [1.807, 2.05) is 18.2 Å². The molecular formula is C26H30O4. The van der Waals surface area contributed by atoms with E-state index < -0.39 is 5.97 Å². The molecule has 2 aromatic carbocycles. The molecule has 4 nitrogen and oxygen atoms in total. The second-order valence-electron chi connectivity index (χ2n) is 9.80. The number of benzene rings is 2. The summed E-state index contributed by atoms with van der Waals surface area (Å²) in [6, 6.07) is 12.6. The molecule has 1 N–H and O–H groups in total. The van der Waals surface area contributed by atoms with Crippen molar-refractivity contribution in [2.24, 2.45) is 5.41 Å². The predicted octanol–water partition coefficient (Wildman–Crippen LogP) is 6.00. The van der Waals surface area contributed by atoms with Gasteiger partial charge in [-0.15, -0.1) is 0 Å². The highest BCUT2D eigenvalue weighted by molar-refractivity contribution is 5.68. The first-order chi connectivity index (χ1) is 14.4. The minimum Gasteiger partial charge on any atom is -0.492 e. The van der Waals surface area contributed by atoms with Crippen LogP contribution in [0.5, 0.6) is 11.5 Å². The first-order valence-corrected chi connectivity index (χ1v) is 11.2. The van der Waals surface area contributed by atoms with Gasteiger partial charge in [0.05, 0.1) is 13.0 Å². The van der Waals surface area contributed by atoms with Crippen molar-refractivity contribution in [3.8, 4) is 11.5 Å². The Balaban J connectivity index is 1.37. The molecule has 3 atom stereocenters. The van der Waals surface area contributed by atoms with Crippen LogP contribution in [-0.2, 0) is 11.2 Å². The number of carboxylic acid groups (broad SMARTS) is 1. The highest BCUT2D eigenvalue weighted by Gasteiger charge is 2.38. The third kappa shape index (κ3) is 3.36. The molecular weight excluding hydrogens is 376 g/mol. The van der Waals surface area contributed by atoms with Crippen molar-refractivity contribution in [2.75, 3.05) is 6.61 Å². The van der Waals surface area contributed by atoms with Gasteiger partial charge < -0.3 is 14.6 Å². The van der Waals surface area contributed by atoms with Crippen LogP contribution >= 0.6 is 0 Å². The molecule has 1 unspecified atom stereocenters. The zero-order valence-electron chi connectivity index (χ0n) is 17.8. The van der Waals surface area contributed by atoms with Gasteiger partial charge in [0.2, 0.25) is 0 Å². The van der Waals surface area contributed by atoms with Gasteiger partial charge in [-0.3, -0.25) is 4.79 Å². The molecule has 2 aromatic rings. The van der Waals surface area contributed by atoms with Gasteiger partial charge in [-0.1, -0.05) is 44.5 Å². The van der Waals surface area contributed by atoms with Crippen molar-refractivity contribution in [1.82, 2.24) is 0 Å². The van der Waals surface area contributed by atoms with Crippen LogP contribution in [-0.4, -0.2) is 17.7 Å². The van der Waals surface area contributed by atoms with E-state index >= 15 is 0 Å². The Kier molecular flexibility index (Phi) is 4.76. The van der Waals surface area contributed by atoms with Crippen molar-refractivity contribution < 1.29 is 19.4 Å². The zero-order valence-corrected chi connectivity index (χ0v) is 17.8. The fourth-order valence-corrected chi connectivity index (χ4v) is 5.87. The fourth-order valence-electron chi connectivity index (χ4n) is 5.87. The molecule has 1 aliphatic heterocycles. The summed E-state index contributed by atoms with van der Waals surface area (Å²) in [6.07, 6.45) is 6.15. The monoisotopic (exact) mass is 406 g/mol. The Morgan fingerprint density at radius 2 is 2.00 bits per heavy atom. The van der Waals surface area contributed by atoms with E-state index in [-0.39, 0.29) is 18.4 Å². The Morgan fingerprint density at radius 1 is 1.17 bits per heavy atom. The number of hydrogen-bond donors (Lipinski definition) is 1. The first-order valence-electron chi connectivity index (χ1n) is 11.2. The molecule has 1 saturated carbocycles. The van der Waals surface area contributed by atoms with Crippen LogP contribution in [0.2, 0.25) is 0 Å². The minimum atomic E-state index is -0.791. The molecule has 1 heterocycles. The molecule has 2 aliphatic carbocycles. The van der Waals surface area contributed by atoms with Crippen LogP contribution in [0.4, 0.5) is 0 Å². The molecule has 158 valence electrons. The fraction of sp³-hybridized carbons (Fsp3) is 0.500. The van der Waals surface area contributed by atoms with E-state index in [2.05, 4.69) is 32.0 Å². The van der Waals surface area contributed by atoms with Gasteiger partial charge in [0, 0.05) is 17.5 Å². The van der Waals surface area contributed by atoms with E-state index in [1.54, 1.807) is 0 Å². The van der Waals surface area contributed by atoms with Crippen molar-refractivity contribution >= 4 is 5.97 Å². The smallest absolute Gasteiger partial charge is 0.304 e. The quantitative estimate of drug-likeness (QED) is 0.662. The van der Waals surface area contributed by atoms with Crippen molar-refractivity contribution in [1.29, 1.82) is 0 Å². The second-order valence-corrected chi connectivity index (χ2v) is 9.80. The van der Waals surface area contributed by atoms with E-state index in [0.29, 0.717) is 17.9 Å². The largest absolute Gasteiger partial charge is 0.492 e. The van der Waals surface area contributed by atoms with Crippen molar-refractivity contribution in [3.05, 3.63) is 58.7 Å². The van der Waals surface area contributed by atoms with Gasteiger partial charge in [-0.2, -0.15) is 0 Å². The summed E-state index contributed by atoms with van der Waals surface area (Å²) < 4.78 is 12.2.